The number of hydrogen-bond donors (Lipinski definition) is 1. The molecule has 0 aliphatic heterocycles. The van der Waals surface area contributed by atoms with Crippen LogP contribution in [0.2, 0.25) is 0 Å². The Balaban J connectivity index is 1.81. The fourth-order valence-electron chi connectivity index (χ4n) is 3.58. The van der Waals surface area contributed by atoms with Gasteiger partial charge < -0.3 is 10.1 Å². The molecule has 1 saturated carbocycles. The Hall–Kier alpha value is -2.36. The maximum Gasteiger partial charge on any atom is 0.235 e. The lowest BCUT2D eigenvalue weighted by Gasteiger charge is -2.28. The van der Waals surface area contributed by atoms with E-state index in [9.17, 15) is 4.79 Å². The van der Waals surface area contributed by atoms with Crippen LogP contribution in [0.3, 0.4) is 0 Å². The Morgan fingerprint density at radius 2 is 1.88 bits per heavy atom. The van der Waals surface area contributed by atoms with Crippen molar-refractivity contribution in [3.05, 3.63) is 53.7 Å². The molecule has 0 saturated heterocycles. The third kappa shape index (κ3) is 3.68. The number of hydrogen-bond acceptors (Lipinski definition) is 3. The van der Waals surface area contributed by atoms with Gasteiger partial charge in [0.15, 0.2) is 0 Å². The Kier molecular flexibility index (Phi) is 5.37. The zero-order valence-electron chi connectivity index (χ0n) is 15.0. The monoisotopic (exact) mass is 338 g/mol. The second-order valence-electron chi connectivity index (χ2n) is 6.74. The minimum Gasteiger partial charge on any atom is -0.478 e. The molecule has 2 aromatic rings. The summed E-state index contributed by atoms with van der Waals surface area (Å²) >= 11 is 0. The third-order valence-electron chi connectivity index (χ3n) is 4.98. The number of nitrogens with zero attached hydrogens (tertiary/aromatic N) is 1. The highest BCUT2D eigenvalue weighted by Gasteiger charge is 2.42. The lowest BCUT2D eigenvalue weighted by Crippen LogP contribution is -2.38. The van der Waals surface area contributed by atoms with Crippen LogP contribution in [-0.2, 0) is 10.2 Å². The molecule has 0 bridgehead atoms. The molecule has 1 N–H and O–H groups in total. The van der Waals surface area contributed by atoms with Gasteiger partial charge in [-0.2, -0.15) is 0 Å². The van der Waals surface area contributed by atoms with Gasteiger partial charge in [0, 0.05) is 6.07 Å². The number of anilines is 1. The SMILES string of the molecule is CCCOc1ccc(NC(=O)C2(c3ccccc3)CCCC2)c(C)n1. The third-order valence-corrected chi connectivity index (χ3v) is 4.98. The van der Waals surface area contributed by atoms with Crippen LogP contribution in [0.25, 0.3) is 0 Å². The first kappa shape index (κ1) is 17.5. The summed E-state index contributed by atoms with van der Waals surface area (Å²) in [5, 5.41) is 3.12. The van der Waals surface area contributed by atoms with Gasteiger partial charge >= 0.3 is 0 Å². The Morgan fingerprint density at radius 1 is 1.16 bits per heavy atom. The molecule has 4 nitrogen and oxygen atoms in total. The zero-order chi connectivity index (χ0) is 17.7. The topological polar surface area (TPSA) is 51.2 Å². The van der Waals surface area contributed by atoms with E-state index in [2.05, 4.69) is 29.4 Å². The summed E-state index contributed by atoms with van der Waals surface area (Å²) in [7, 11) is 0. The van der Waals surface area contributed by atoms with Crippen molar-refractivity contribution in [2.75, 3.05) is 11.9 Å². The Morgan fingerprint density at radius 3 is 2.52 bits per heavy atom. The molecule has 0 spiro atoms. The van der Waals surface area contributed by atoms with Gasteiger partial charge in [-0.1, -0.05) is 50.1 Å². The van der Waals surface area contributed by atoms with Crippen molar-refractivity contribution in [3.8, 4) is 5.88 Å². The molecule has 0 atom stereocenters. The summed E-state index contributed by atoms with van der Waals surface area (Å²) in [6.07, 6.45) is 4.91. The van der Waals surface area contributed by atoms with Crippen LogP contribution in [0.5, 0.6) is 5.88 Å². The van der Waals surface area contributed by atoms with Gasteiger partial charge in [-0.3, -0.25) is 4.79 Å². The molecule has 4 heteroatoms. The van der Waals surface area contributed by atoms with Crippen LogP contribution in [0.4, 0.5) is 5.69 Å². The van der Waals surface area contributed by atoms with Gasteiger partial charge in [-0.25, -0.2) is 4.98 Å². The molecule has 25 heavy (non-hydrogen) atoms. The average molecular weight is 338 g/mol. The first-order valence-corrected chi connectivity index (χ1v) is 9.13. The van der Waals surface area contributed by atoms with Crippen LogP contribution in [-0.4, -0.2) is 17.5 Å². The standard InChI is InChI=1S/C21H26N2O2/c1-3-15-25-19-12-11-18(16(2)22-19)23-20(24)21(13-7-8-14-21)17-9-5-4-6-10-17/h4-6,9-12H,3,7-8,13-15H2,1-2H3,(H,23,24). The van der Waals surface area contributed by atoms with Crippen molar-refractivity contribution in [3.63, 3.8) is 0 Å². The van der Waals surface area contributed by atoms with Crippen molar-refractivity contribution in [2.24, 2.45) is 0 Å². The number of carbonyl (C=O) groups excluding carboxylic acids is 1. The molecule has 1 heterocycles. The number of ether oxygens (including phenoxy) is 1. The van der Waals surface area contributed by atoms with Crippen LogP contribution in [0.1, 0.15) is 50.3 Å². The van der Waals surface area contributed by atoms with E-state index in [1.54, 1.807) is 0 Å². The number of nitrogens with one attached hydrogen (secondary N) is 1. The highest BCUT2D eigenvalue weighted by Crippen LogP contribution is 2.42. The highest BCUT2D eigenvalue weighted by atomic mass is 16.5. The van der Waals surface area contributed by atoms with Gasteiger partial charge in [-0.05, 0) is 37.8 Å². The highest BCUT2D eigenvalue weighted by molar-refractivity contribution is 5.99. The fourth-order valence-corrected chi connectivity index (χ4v) is 3.58. The second kappa shape index (κ2) is 7.68. The van der Waals surface area contributed by atoms with Gasteiger partial charge in [0.25, 0.3) is 0 Å². The quantitative estimate of drug-likeness (QED) is 0.835. The molecular formula is C21H26N2O2. The molecule has 0 radical (unpaired) electrons. The van der Waals surface area contributed by atoms with Crippen molar-refractivity contribution in [1.82, 2.24) is 4.98 Å². The van der Waals surface area contributed by atoms with E-state index in [-0.39, 0.29) is 5.91 Å². The van der Waals surface area contributed by atoms with Gasteiger partial charge in [0.05, 0.1) is 23.4 Å². The largest absolute Gasteiger partial charge is 0.478 e. The van der Waals surface area contributed by atoms with Gasteiger partial charge in [0.2, 0.25) is 11.8 Å². The number of pyridine rings is 1. The molecule has 1 aromatic carbocycles. The summed E-state index contributed by atoms with van der Waals surface area (Å²) in [4.78, 5) is 17.6. The fraction of sp³-hybridized carbons (Fsp3) is 0.429. The van der Waals surface area contributed by atoms with Crippen molar-refractivity contribution in [2.45, 2.75) is 51.4 Å². The zero-order valence-corrected chi connectivity index (χ0v) is 15.0. The summed E-state index contributed by atoms with van der Waals surface area (Å²) in [5.41, 5.74) is 2.23. The number of carbonyl (C=O) groups is 1. The van der Waals surface area contributed by atoms with Crippen LogP contribution in [0.15, 0.2) is 42.5 Å². The number of amides is 1. The first-order chi connectivity index (χ1) is 12.2. The lowest BCUT2D eigenvalue weighted by atomic mass is 9.78. The molecule has 132 valence electrons. The first-order valence-electron chi connectivity index (χ1n) is 9.13. The van der Waals surface area contributed by atoms with Gasteiger partial charge in [-0.15, -0.1) is 0 Å². The Labute approximate surface area is 149 Å². The predicted molar refractivity (Wildman–Crippen MR) is 100.0 cm³/mol. The molecule has 1 aromatic heterocycles. The van der Waals surface area contributed by atoms with E-state index in [4.69, 9.17) is 4.74 Å². The number of aryl methyl sites for hydroxylation is 1. The van der Waals surface area contributed by atoms with E-state index < -0.39 is 5.41 Å². The van der Waals surface area contributed by atoms with Crippen molar-refractivity contribution < 1.29 is 9.53 Å². The maximum absolute atomic E-state index is 13.2. The van der Waals surface area contributed by atoms with E-state index in [0.29, 0.717) is 12.5 Å². The molecule has 3 rings (SSSR count). The molecule has 1 aliphatic carbocycles. The number of rotatable bonds is 6. The summed E-state index contributed by atoms with van der Waals surface area (Å²) < 4.78 is 5.56. The van der Waals surface area contributed by atoms with Gasteiger partial charge in [0.1, 0.15) is 0 Å². The second-order valence-corrected chi connectivity index (χ2v) is 6.74. The summed E-state index contributed by atoms with van der Waals surface area (Å²) in [5.74, 6) is 0.680. The molecule has 0 unspecified atom stereocenters. The van der Waals surface area contributed by atoms with Crippen LogP contribution < -0.4 is 10.1 Å². The van der Waals surface area contributed by atoms with Crippen LogP contribution in [0, 0.1) is 6.92 Å². The molecule has 1 aliphatic rings. The summed E-state index contributed by atoms with van der Waals surface area (Å²) in [6, 6.07) is 13.9. The summed E-state index contributed by atoms with van der Waals surface area (Å²) in [6.45, 7) is 4.61. The molecular weight excluding hydrogens is 312 g/mol. The number of benzene rings is 1. The average Bonchev–Trinajstić information content (AvgIpc) is 3.14. The van der Waals surface area contributed by atoms with E-state index in [0.717, 1.165) is 49.0 Å². The predicted octanol–water partition coefficient (Wildman–Crippen LogP) is 4.63. The van der Waals surface area contributed by atoms with E-state index in [1.807, 2.05) is 37.3 Å². The molecule has 1 amide bonds. The maximum atomic E-state index is 13.2. The Bertz CT molecular complexity index is 722. The normalized spacial score (nSPS) is 15.8. The number of aromatic nitrogens is 1. The van der Waals surface area contributed by atoms with E-state index in [1.165, 1.54) is 0 Å². The van der Waals surface area contributed by atoms with Crippen LogP contribution >= 0.6 is 0 Å². The minimum absolute atomic E-state index is 0.0725. The smallest absolute Gasteiger partial charge is 0.235 e. The lowest BCUT2D eigenvalue weighted by molar-refractivity contribution is -0.121. The molecule has 1 fully saturated rings. The van der Waals surface area contributed by atoms with E-state index >= 15 is 0 Å². The van der Waals surface area contributed by atoms with Crippen molar-refractivity contribution in [1.29, 1.82) is 0 Å². The minimum atomic E-state index is -0.426. The van der Waals surface area contributed by atoms with Crippen molar-refractivity contribution >= 4 is 11.6 Å².